The van der Waals surface area contributed by atoms with Crippen LogP contribution in [0.25, 0.3) is 5.00 Å². The molecule has 0 fully saturated rings. The molecule has 0 bridgehead atoms. The third-order valence-electron chi connectivity index (χ3n) is 6.28. The quantitative estimate of drug-likeness (QED) is 0.563. The maximum Gasteiger partial charge on any atom is 0.253 e. The van der Waals surface area contributed by atoms with Crippen LogP contribution in [0.5, 0.6) is 0 Å². The van der Waals surface area contributed by atoms with Gasteiger partial charge in [-0.1, -0.05) is 12.1 Å². The van der Waals surface area contributed by atoms with E-state index in [1.165, 1.54) is 17.4 Å². The van der Waals surface area contributed by atoms with Crippen molar-refractivity contribution in [3.05, 3.63) is 75.3 Å². The number of nitrogens with zero attached hydrogens (tertiary/aromatic N) is 6. The number of hydrogen-bond donors (Lipinski definition) is 1. The molecule has 1 N–H and O–H groups in total. The second-order valence-electron chi connectivity index (χ2n) is 9.06. The summed E-state index contributed by atoms with van der Waals surface area (Å²) in [6.07, 6.45) is 4.04. The van der Waals surface area contributed by atoms with Gasteiger partial charge in [0.25, 0.3) is 5.95 Å². The average Bonchev–Trinajstić information content (AvgIpc) is 3.31. The highest BCUT2D eigenvalue weighted by molar-refractivity contribution is 7.15. The minimum atomic E-state index is -0.101. The molecule has 0 saturated carbocycles. The molecule has 2 aromatic heterocycles. The number of methoxy groups -OCH3 is 1. The van der Waals surface area contributed by atoms with Gasteiger partial charge in [0, 0.05) is 48.4 Å². The van der Waals surface area contributed by atoms with Crippen molar-refractivity contribution in [2.24, 2.45) is 5.10 Å². The number of benzene rings is 1. The van der Waals surface area contributed by atoms with Gasteiger partial charge in [0.05, 0.1) is 13.7 Å². The van der Waals surface area contributed by atoms with Crippen LogP contribution in [0.1, 0.15) is 34.3 Å². The van der Waals surface area contributed by atoms with Gasteiger partial charge in [0.15, 0.2) is 0 Å². The number of likely N-dealkylation sites (N-methyl/N-ethyl adjacent to an activating group) is 1. The largest absolute Gasteiger partial charge is 0.495 e. The summed E-state index contributed by atoms with van der Waals surface area (Å²) >= 11 is 1.72. The number of fused-ring (bicyclic) bond motifs is 3. The van der Waals surface area contributed by atoms with Gasteiger partial charge in [-0.3, -0.25) is 9.36 Å². The lowest BCUT2D eigenvalue weighted by molar-refractivity contribution is -0.114. The van der Waals surface area contributed by atoms with Crippen LogP contribution < -0.4 is 10.3 Å². The minimum absolute atomic E-state index is 0.101. The number of hydrazone groups is 1. The molecule has 0 saturated heterocycles. The first-order valence-electron chi connectivity index (χ1n) is 11.7. The molecule has 0 unspecified atom stereocenters. The third-order valence-corrected chi connectivity index (χ3v) is 7.47. The van der Waals surface area contributed by atoms with Crippen LogP contribution in [0, 0.1) is 20.8 Å². The van der Waals surface area contributed by atoms with E-state index < -0.39 is 0 Å². The van der Waals surface area contributed by atoms with E-state index in [2.05, 4.69) is 44.9 Å². The van der Waals surface area contributed by atoms with Crippen LogP contribution in [0.2, 0.25) is 0 Å². The van der Waals surface area contributed by atoms with Crippen molar-refractivity contribution in [1.29, 1.82) is 0 Å². The van der Waals surface area contributed by atoms with Crippen LogP contribution in [0.4, 0.5) is 11.6 Å². The summed E-state index contributed by atoms with van der Waals surface area (Å²) in [6.45, 7) is 9.02. The maximum atomic E-state index is 11.5. The van der Waals surface area contributed by atoms with Crippen molar-refractivity contribution in [3.63, 3.8) is 0 Å². The van der Waals surface area contributed by atoms with E-state index in [-0.39, 0.29) is 5.91 Å². The molecule has 0 spiro atoms. The Morgan fingerprint density at radius 2 is 1.92 bits per heavy atom. The molecule has 2 aliphatic heterocycles. The Hall–Kier alpha value is -3.92. The van der Waals surface area contributed by atoms with E-state index in [0.717, 1.165) is 51.2 Å². The van der Waals surface area contributed by atoms with Crippen LogP contribution in [0.15, 0.2) is 53.0 Å². The van der Waals surface area contributed by atoms with E-state index in [9.17, 15) is 4.79 Å². The SMILES string of the molecule is COC1=CN(C)CC(CN2N=C(c3ccc(NC(C)=O)cc3)c3c(sc(C)c3C)-n3c(C)nnc32)=C1. The average molecular weight is 504 g/mol. The second kappa shape index (κ2) is 9.27. The molecule has 5 rings (SSSR count). The molecule has 0 atom stereocenters. The standard InChI is InChI=1S/C26H29N7O2S/c1-15-16(2)36-25-23(15)24(20-7-9-21(10-8-20)27-18(4)34)30-32(26-29-28-17(3)33(25)26)13-19-11-22(35-6)14-31(5)12-19/h7-11,14H,12-13H2,1-6H3,(H,27,34). The number of aryl methyl sites for hydroxylation is 2. The molecule has 9 nitrogen and oxygen atoms in total. The first-order valence-corrected chi connectivity index (χ1v) is 12.5. The summed E-state index contributed by atoms with van der Waals surface area (Å²) in [5.41, 5.74) is 5.97. The number of thiophene rings is 1. The van der Waals surface area contributed by atoms with E-state index in [1.807, 2.05) is 49.4 Å². The van der Waals surface area contributed by atoms with E-state index in [0.29, 0.717) is 12.5 Å². The third kappa shape index (κ3) is 4.28. The monoisotopic (exact) mass is 503 g/mol. The minimum Gasteiger partial charge on any atom is -0.495 e. The maximum absolute atomic E-state index is 11.5. The van der Waals surface area contributed by atoms with E-state index in [1.54, 1.807) is 18.4 Å². The van der Waals surface area contributed by atoms with Crippen molar-refractivity contribution in [3.8, 4) is 5.00 Å². The number of carbonyl (C=O) groups excluding carboxylic acids is 1. The highest BCUT2D eigenvalue weighted by atomic mass is 32.1. The number of anilines is 2. The first-order chi connectivity index (χ1) is 17.2. The molecule has 3 aromatic rings. The zero-order valence-corrected chi connectivity index (χ0v) is 22.1. The Morgan fingerprint density at radius 3 is 2.61 bits per heavy atom. The summed E-state index contributed by atoms with van der Waals surface area (Å²) < 4.78 is 7.60. The van der Waals surface area contributed by atoms with Gasteiger partial charge >= 0.3 is 0 Å². The topological polar surface area (TPSA) is 87.9 Å². The predicted molar refractivity (Wildman–Crippen MR) is 143 cm³/mol. The van der Waals surface area contributed by atoms with Gasteiger partial charge in [0.2, 0.25) is 5.91 Å². The molecule has 0 aliphatic carbocycles. The fourth-order valence-corrected chi connectivity index (χ4v) is 5.71. The molecule has 2 aliphatic rings. The van der Waals surface area contributed by atoms with Crippen LogP contribution in [-0.4, -0.2) is 58.5 Å². The summed E-state index contributed by atoms with van der Waals surface area (Å²) in [6, 6.07) is 7.80. The normalized spacial score (nSPS) is 14.9. The Kier molecular flexibility index (Phi) is 6.13. The molecule has 1 amide bonds. The highest BCUT2D eigenvalue weighted by Gasteiger charge is 2.31. The second-order valence-corrected chi connectivity index (χ2v) is 10.3. The van der Waals surface area contributed by atoms with Crippen molar-refractivity contribution in [2.45, 2.75) is 27.7 Å². The van der Waals surface area contributed by atoms with Crippen molar-refractivity contribution in [1.82, 2.24) is 19.7 Å². The smallest absolute Gasteiger partial charge is 0.253 e. The molecule has 4 heterocycles. The predicted octanol–water partition coefficient (Wildman–Crippen LogP) is 4.14. The molecule has 10 heteroatoms. The zero-order valence-electron chi connectivity index (χ0n) is 21.3. The molecule has 186 valence electrons. The number of aromatic nitrogens is 3. The lowest BCUT2D eigenvalue weighted by Gasteiger charge is -2.26. The summed E-state index contributed by atoms with van der Waals surface area (Å²) in [7, 11) is 3.70. The molecular formula is C26H29N7O2S. The Morgan fingerprint density at radius 1 is 1.17 bits per heavy atom. The summed E-state index contributed by atoms with van der Waals surface area (Å²) in [4.78, 5) is 14.8. The molecule has 1 aromatic carbocycles. The Bertz CT molecular complexity index is 1430. The van der Waals surface area contributed by atoms with Gasteiger partial charge in [-0.05, 0) is 50.1 Å². The van der Waals surface area contributed by atoms with E-state index in [4.69, 9.17) is 9.84 Å². The lowest BCUT2D eigenvalue weighted by atomic mass is 10.00. The lowest BCUT2D eigenvalue weighted by Crippen LogP contribution is -2.29. The zero-order chi connectivity index (χ0) is 25.6. The number of hydrogen-bond acceptors (Lipinski definition) is 8. The van der Waals surface area contributed by atoms with Gasteiger partial charge < -0.3 is 15.0 Å². The summed E-state index contributed by atoms with van der Waals surface area (Å²) in [5, 5.41) is 20.0. The Balaban J connectivity index is 1.66. The van der Waals surface area contributed by atoms with Crippen molar-refractivity contribution in [2.75, 3.05) is 37.6 Å². The number of amides is 1. The highest BCUT2D eigenvalue weighted by Crippen LogP contribution is 2.38. The Labute approximate surface area is 214 Å². The van der Waals surface area contributed by atoms with Crippen LogP contribution in [0.3, 0.4) is 0 Å². The van der Waals surface area contributed by atoms with Crippen molar-refractivity contribution >= 4 is 34.6 Å². The van der Waals surface area contributed by atoms with Gasteiger partial charge in [-0.2, -0.15) is 5.10 Å². The van der Waals surface area contributed by atoms with Gasteiger partial charge in [-0.15, -0.1) is 21.5 Å². The van der Waals surface area contributed by atoms with Crippen LogP contribution in [-0.2, 0) is 9.53 Å². The van der Waals surface area contributed by atoms with Gasteiger partial charge in [-0.25, -0.2) is 5.01 Å². The van der Waals surface area contributed by atoms with E-state index >= 15 is 0 Å². The summed E-state index contributed by atoms with van der Waals surface area (Å²) in [5.74, 6) is 2.18. The number of ether oxygens (including phenoxy) is 1. The number of carbonyl (C=O) groups is 1. The van der Waals surface area contributed by atoms with Crippen molar-refractivity contribution < 1.29 is 9.53 Å². The number of allylic oxidation sites excluding steroid dienone is 1. The fourth-order valence-electron chi connectivity index (χ4n) is 4.51. The van der Waals surface area contributed by atoms with Gasteiger partial charge in [0.1, 0.15) is 22.3 Å². The number of rotatable bonds is 5. The molecule has 0 radical (unpaired) electrons. The number of nitrogens with one attached hydrogen (secondary N) is 1. The molecule has 36 heavy (non-hydrogen) atoms. The first kappa shape index (κ1) is 23.8. The van der Waals surface area contributed by atoms with Crippen LogP contribution >= 0.6 is 11.3 Å². The molecular weight excluding hydrogens is 474 g/mol. The fraction of sp³-hybridized carbons (Fsp3) is 0.308.